The van der Waals surface area contributed by atoms with Crippen molar-refractivity contribution in [2.24, 2.45) is 5.73 Å². The van der Waals surface area contributed by atoms with Crippen LogP contribution in [0.25, 0.3) is 5.78 Å². The number of anilines is 1. The van der Waals surface area contributed by atoms with E-state index < -0.39 is 0 Å². The Bertz CT molecular complexity index is 1020. The van der Waals surface area contributed by atoms with Gasteiger partial charge in [0.1, 0.15) is 0 Å². The van der Waals surface area contributed by atoms with E-state index in [9.17, 15) is 4.79 Å². The summed E-state index contributed by atoms with van der Waals surface area (Å²) >= 11 is 0. The molecule has 9 nitrogen and oxygen atoms in total. The molecule has 0 aliphatic rings. The van der Waals surface area contributed by atoms with Gasteiger partial charge in [0.2, 0.25) is 5.91 Å². The number of rotatable bonds is 7. The van der Waals surface area contributed by atoms with E-state index in [-0.39, 0.29) is 24.9 Å². The van der Waals surface area contributed by atoms with Gasteiger partial charge >= 0.3 is 0 Å². The first-order chi connectivity index (χ1) is 13.5. The first-order valence-corrected chi connectivity index (χ1v) is 8.90. The van der Waals surface area contributed by atoms with Gasteiger partial charge in [0, 0.05) is 29.6 Å². The van der Waals surface area contributed by atoms with Gasteiger partial charge in [-0.2, -0.15) is 4.98 Å². The number of halogens is 1. The minimum atomic E-state index is -0.104. The van der Waals surface area contributed by atoms with Crippen LogP contribution in [0.15, 0.2) is 18.2 Å². The van der Waals surface area contributed by atoms with Crippen LogP contribution in [0.1, 0.15) is 29.2 Å². The fourth-order valence-electron chi connectivity index (χ4n) is 3.07. The molecule has 156 valence electrons. The van der Waals surface area contributed by atoms with Gasteiger partial charge in [-0.1, -0.05) is 0 Å². The predicted octanol–water partition coefficient (Wildman–Crippen LogP) is 2.21. The molecule has 0 spiro atoms. The zero-order chi connectivity index (χ0) is 20.3. The van der Waals surface area contributed by atoms with Gasteiger partial charge in [-0.15, -0.1) is 17.5 Å². The number of carbonyl (C=O) groups excluding carboxylic acids is 1. The molecule has 0 saturated carbocycles. The Balaban J connectivity index is 0.00000300. The summed E-state index contributed by atoms with van der Waals surface area (Å²) in [5.41, 5.74) is 8.98. The Hall–Kier alpha value is -2.91. The lowest BCUT2D eigenvalue weighted by atomic mass is 10.1. The molecule has 3 aromatic rings. The summed E-state index contributed by atoms with van der Waals surface area (Å²) in [5, 5.41) is 7.24. The summed E-state index contributed by atoms with van der Waals surface area (Å²) in [7, 11) is 3.12. The molecule has 2 aromatic heterocycles. The molecule has 10 heteroatoms. The number of carbonyl (C=O) groups is 1. The van der Waals surface area contributed by atoms with Crippen LogP contribution in [0.5, 0.6) is 11.5 Å². The summed E-state index contributed by atoms with van der Waals surface area (Å²) in [6.07, 6.45) is 0.846. The lowest BCUT2D eigenvalue weighted by molar-refractivity contribution is -0.116. The van der Waals surface area contributed by atoms with Crippen LogP contribution in [0.2, 0.25) is 0 Å². The van der Waals surface area contributed by atoms with Gasteiger partial charge in [-0.3, -0.25) is 4.79 Å². The third-order valence-corrected chi connectivity index (χ3v) is 4.54. The van der Waals surface area contributed by atoms with Crippen molar-refractivity contribution in [1.82, 2.24) is 19.6 Å². The number of hydrogen-bond acceptors (Lipinski definition) is 7. The first-order valence-electron chi connectivity index (χ1n) is 8.90. The number of nitrogens with one attached hydrogen (secondary N) is 1. The Morgan fingerprint density at radius 3 is 2.55 bits per heavy atom. The predicted molar refractivity (Wildman–Crippen MR) is 112 cm³/mol. The highest BCUT2D eigenvalue weighted by Crippen LogP contribution is 2.29. The molecule has 0 radical (unpaired) electrons. The smallest absolute Gasteiger partial charge is 0.252 e. The lowest BCUT2D eigenvalue weighted by Crippen LogP contribution is -2.14. The lowest BCUT2D eigenvalue weighted by Gasteiger charge is -2.12. The van der Waals surface area contributed by atoms with Crippen LogP contribution in [0.3, 0.4) is 0 Å². The number of fused-ring (bicyclic) bond motifs is 1. The maximum absolute atomic E-state index is 12.4. The number of hydrogen-bond donors (Lipinski definition) is 2. The first kappa shape index (κ1) is 22.4. The third-order valence-electron chi connectivity index (χ3n) is 4.54. The van der Waals surface area contributed by atoms with Crippen molar-refractivity contribution in [2.75, 3.05) is 19.5 Å². The van der Waals surface area contributed by atoms with Crippen molar-refractivity contribution in [1.29, 1.82) is 0 Å². The zero-order valence-corrected chi connectivity index (χ0v) is 17.7. The monoisotopic (exact) mass is 420 g/mol. The fraction of sp³-hybridized carbons (Fsp3) is 0.368. The summed E-state index contributed by atoms with van der Waals surface area (Å²) in [4.78, 5) is 21.2. The largest absolute Gasteiger partial charge is 0.493 e. The van der Waals surface area contributed by atoms with E-state index >= 15 is 0 Å². The van der Waals surface area contributed by atoms with Gasteiger partial charge < -0.3 is 20.5 Å². The SMILES string of the molecule is COc1ccc(NC(=O)CCc2c(C)nc3nc(CN)nn3c2C)cc1OC.Cl. The van der Waals surface area contributed by atoms with E-state index in [0.717, 1.165) is 17.0 Å². The number of nitrogens with zero attached hydrogens (tertiary/aromatic N) is 4. The van der Waals surface area contributed by atoms with Crippen molar-refractivity contribution in [3.8, 4) is 11.5 Å². The topological polar surface area (TPSA) is 117 Å². The van der Waals surface area contributed by atoms with Crippen molar-refractivity contribution in [3.63, 3.8) is 0 Å². The van der Waals surface area contributed by atoms with E-state index in [1.165, 1.54) is 0 Å². The molecule has 1 aromatic carbocycles. The molecule has 0 aliphatic heterocycles. The van der Waals surface area contributed by atoms with Crippen LogP contribution < -0.4 is 20.5 Å². The fourth-order valence-corrected chi connectivity index (χ4v) is 3.07. The number of benzene rings is 1. The van der Waals surface area contributed by atoms with Gasteiger partial charge in [-0.05, 0) is 38.0 Å². The third kappa shape index (κ3) is 4.75. The quantitative estimate of drug-likeness (QED) is 0.601. The molecule has 0 fully saturated rings. The van der Waals surface area contributed by atoms with E-state index in [4.69, 9.17) is 15.2 Å². The summed E-state index contributed by atoms with van der Waals surface area (Å²) in [6, 6.07) is 5.25. The Morgan fingerprint density at radius 1 is 1.17 bits per heavy atom. The number of aromatic nitrogens is 4. The number of amides is 1. The van der Waals surface area contributed by atoms with E-state index in [1.54, 1.807) is 36.9 Å². The number of methoxy groups -OCH3 is 2. The molecule has 0 bridgehead atoms. The summed E-state index contributed by atoms with van der Waals surface area (Å²) in [6.45, 7) is 4.11. The van der Waals surface area contributed by atoms with Gasteiger partial charge in [0.15, 0.2) is 17.3 Å². The minimum Gasteiger partial charge on any atom is -0.493 e. The molecule has 3 rings (SSSR count). The number of nitrogens with two attached hydrogens (primary N) is 1. The average molecular weight is 421 g/mol. The molecular weight excluding hydrogens is 396 g/mol. The van der Waals surface area contributed by atoms with E-state index in [2.05, 4.69) is 20.4 Å². The maximum Gasteiger partial charge on any atom is 0.252 e. The minimum absolute atomic E-state index is 0. The van der Waals surface area contributed by atoms with Crippen LogP contribution in [0, 0.1) is 13.8 Å². The molecule has 1 amide bonds. The molecule has 3 N–H and O–H groups in total. The molecule has 0 atom stereocenters. The van der Waals surface area contributed by atoms with Crippen LogP contribution >= 0.6 is 12.4 Å². The molecular formula is C19H25ClN6O3. The highest BCUT2D eigenvalue weighted by atomic mass is 35.5. The summed E-state index contributed by atoms with van der Waals surface area (Å²) in [5.74, 6) is 2.12. The van der Waals surface area contributed by atoms with Gasteiger partial charge in [-0.25, -0.2) is 9.50 Å². The molecule has 2 heterocycles. The van der Waals surface area contributed by atoms with E-state index in [0.29, 0.717) is 41.6 Å². The number of ether oxygens (including phenoxy) is 2. The summed E-state index contributed by atoms with van der Waals surface area (Å²) < 4.78 is 12.1. The Kier molecular flexibility index (Phi) is 7.35. The van der Waals surface area contributed by atoms with E-state index in [1.807, 2.05) is 13.8 Å². The van der Waals surface area contributed by atoms with Crippen LogP contribution in [-0.4, -0.2) is 39.7 Å². The Labute approximate surface area is 175 Å². The van der Waals surface area contributed by atoms with Gasteiger partial charge in [0.25, 0.3) is 5.78 Å². The number of aryl methyl sites for hydroxylation is 2. The molecule has 0 aliphatic carbocycles. The second-order valence-corrected chi connectivity index (χ2v) is 6.32. The van der Waals surface area contributed by atoms with Crippen LogP contribution in [-0.2, 0) is 17.8 Å². The van der Waals surface area contributed by atoms with Gasteiger partial charge in [0.05, 0.1) is 20.8 Å². The average Bonchev–Trinajstić information content (AvgIpc) is 3.11. The standard InChI is InChI=1S/C19H24N6O3.ClH/c1-11-14(12(2)25-19(21-11)23-17(10-20)24-25)6-8-18(26)22-13-5-7-15(27-3)16(9-13)28-4;/h5,7,9H,6,8,10,20H2,1-4H3,(H,22,26);1H. The second kappa shape index (κ2) is 9.53. The molecule has 0 saturated heterocycles. The normalized spacial score (nSPS) is 10.5. The molecule has 29 heavy (non-hydrogen) atoms. The Morgan fingerprint density at radius 2 is 1.90 bits per heavy atom. The molecule has 0 unspecified atom stereocenters. The second-order valence-electron chi connectivity index (χ2n) is 6.32. The van der Waals surface area contributed by atoms with Crippen molar-refractivity contribution >= 4 is 29.8 Å². The highest BCUT2D eigenvalue weighted by Gasteiger charge is 2.15. The van der Waals surface area contributed by atoms with Crippen LogP contribution in [0.4, 0.5) is 5.69 Å². The zero-order valence-electron chi connectivity index (χ0n) is 16.9. The van der Waals surface area contributed by atoms with Crippen molar-refractivity contribution in [3.05, 3.63) is 41.0 Å². The maximum atomic E-state index is 12.4. The highest BCUT2D eigenvalue weighted by molar-refractivity contribution is 5.91. The van der Waals surface area contributed by atoms with Crippen molar-refractivity contribution in [2.45, 2.75) is 33.2 Å². The van der Waals surface area contributed by atoms with Crippen molar-refractivity contribution < 1.29 is 14.3 Å².